The van der Waals surface area contributed by atoms with Crippen LogP contribution in [0.2, 0.25) is 0 Å². The summed E-state index contributed by atoms with van der Waals surface area (Å²) in [4.78, 5) is 12.1. The predicted molar refractivity (Wildman–Crippen MR) is 86.0 cm³/mol. The molecule has 2 aromatic rings. The minimum absolute atomic E-state index is 0.238. The second kappa shape index (κ2) is 6.36. The zero-order chi connectivity index (χ0) is 14.8. The van der Waals surface area contributed by atoms with Crippen LogP contribution in [0.25, 0.3) is 11.1 Å². The van der Waals surface area contributed by atoms with E-state index in [1.807, 2.05) is 12.1 Å². The average Bonchev–Trinajstić information content (AvgIpc) is 2.83. The molecule has 4 nitrogen and oxygen atoms in total. The largest absolute Gasteiger partial charge is 0.419 e. The summed E-state index contributed by atoms with van der Waals surface area (Å²) in [5.41, 5.74) is 2.70. The summed E-state index contributed by atoms with van der Waals surface area (Å²) >= 11 is 3.78. The molecule has 0 radical (unpaired) electrons. The Kier molecular flexibility index (Phi) is 4.50. The van der Waals surface area contributed by atoms with Crippen LogP contribution in [0.15, 0.2) is 27.4 Å². The third-order valence-electron chi connectivity index (χ3n) is 4.07. The first-order chi connectivity index (χ1) is 10.2. The molecule has 1 aliphatic heterocycles. The van der Waals surface area contributed by atoms with Crippen LogP contribution >= 0.6 is 15.9 Å². The van der Waals surface area contributed by atoms with Crippen LogP contribution in [-0.2, 0) is 11.3 Å². The summed E-state index contributed by atoms with van der Waals surface area (Å²) in [5.74, 6) is 0.205. The van der Waals surface area contributed by atoms with Gasteiger partial charge < -0.3 is 9.15 Å². The highest BCUT2D eigenvalue weighted by Gasteiger charge is 2.24. The number of aryl methyl sites for hydroxylation is 1. The first-order valence-corrected chi connectivity index (χ1v) is 8.47. The van der Waals surface area contributed by atoms with Crippen molar-refractivity contribution in [1.82, 2.24) is 4.57 Å². The van der Waals surface area contributed by atoms with Gasteiger partial charge in [-0.25, -0.2) is 4.79 Å². The van der Waals surface area contributed by atoms with E-state index in [0.29, 0.717) is 18.0 Å². The zero-order valence-electron chi connectivity index (χ0n) is 12.2. The monoisotopic (exact) mass is 353 g/mol. The third kappa shape index (κ3) is 2.94. The number of oxazole rings is 1. The highest BCUT2D eigenvalue weighted by molar-refractivity contribution is 9.09. The number of rotatable bonds is 4. The summed E-state index contributed by atoms with van der Waals surface area (Å²) in [6, 6.07) is 6.05. The molecular formula is C16H20BrNO3. The molecule has 0 amide bonds. The van der Waals surface area contributed by atoms with E-state index >= 15 is 0 Å². The van der Waals surface area contributed by atoms with Gasteiger partial charge in [0.2, 0.25) is 0 Å². The van der Waals surface area contributed by atoms with Gasteiger partial charge in [-0.15, -0.1) is 0 Å². The Labute approximate surface area is 132 Å². The van der Waals surface area contributed by atoms with Crippen molar-refractivity contribution in [3.63, 3.8) is 0 Å². The molecular weight excluding hydrogens is 334 g/mol. The second-order valence-electron chi connectivity index (χ2n) is 5.63. The standard InChI is InChI=1S/C16H20BrNO3/c1-2-7-18-13-6-5-11(9-14(13)21-16(18)19)15(17)12-4-3-8-20-10-12/h5-6,9,12,15H,2-4,7-8,10H2,1H3. The van der Waals surface area contributed by atoms with Gasteiger partial charge in [-0.2, -0.15) is 0 Å². The van der Waals surface area contributed by atoms with Gasteiger partial charge in [0, 0.05) is 18.0 Å². The molecule has 1 aromatic heterocycles. The van der Waals surface area contributed by atoms with E-state index in [9.17, 15) is 4.79 Å². The zero-order valence-corrected chi connectivity index (χ0v) is 13.8. The molecule has 5 heteroatoms. The number of fused-ring (bicyclic) bond motifs is 1. The van der Waals surface area contributed by atoms with Gasteiger partial charge >= 0.3 is 5.76 Å². The number of alkyl halides is 1. The van der Waals surface area contributed by atoms with Crippen molar-refractivity contribution in [2.75, 3.05) is 13.2 Å². The Morgan fingerprint density at radius 2 is 2.33 bits per heavy atom. The lowest BCUT2D eigenvalue weighted by molar-refractivity contribution is 0.0546. The smallest absolute Gasteiger partial charge is 0.408 e. The van der Waals surface area contributed by atoms with Crippen LogP contribution < -0.4 is 5.76 Å². The number of hydrogen-bond acceptors (Lipinski definition) is 3. The van der Waals surface area contributed by atoms with Crippen LogP contribution in [-0.4, -0.2) is 17.8 Å². The van der Waals surface area contributed by atoms with Crippen molar-refractivity contribution < 1.29 is 9.15 Å². The van der Waals surface area contributed by atoms with Gasteiger partial charge in [-0.05, 0) is 42.9 Å². The van der Waals surface area contributed by atoms with E-state index < -0.39 is 0 Å². The Hall–Kier alpha value is -1.07. The van der Waals surface area contributed by atoms with Gasteiger partial charge in [-0.3, -0.25) is 4.57 Å². The highest BCUT2D eigenvalue weighted by atomic mass is 79.9. The molecule has 2 atom stereocenters. The molecule has 1 saturated heterocycles. The highest BCUT2D eigenvalue weighted by Crippen LogP contribution is 2.36. The van der Waals surface area contributed by atoms with Gasteiger partial charge in [0.25, 0.3) is 0 Å². The minimum Gasteiger partial charge on any atom is -0.408 e. The van der Waals surface area contributed by atoms with Crippen LogP contribution in [0.4, 0.5) is 0 Å². The Morgan fingerprint density at radius 1 is 1.48 bits per heavy atom. The molecule has 0 aliphatic carbocycles. The fraction of sp³-hybridized carbons (Fsp3) is 0.562. The number of halogens is 1. The molecule has 0 spiro atoms. The molecule has 1 fully saturated rings. The SMILES string of the molecule is CCCn1c(=O)oc2cc(C(Br)C3CCCOC3)ccc21. The van der Waals surface area contributed by atoms with Gasteiger partial charge in [0.05, 0.1) is 12.1 Å². The predicted octanol–water partition coefficient (Wildman–Crippen LogP) is 3.87. The van der Waals surface area contributed by atoms with E-state index in [0.717, 1.165) is 43.6 Å². The molecule has 21 heavy (non-hydrogen) atoms. The van der Waals surface area contributed by atoms with Crippen molar-refractivity contribution in [3.8, 4) is 0 Å². The number of hydrogen-bond donors (Lipinski definition) is 0. The number of nitrogens with zero attached hydrogens (tertiary/aromatic N) is 1. The Morgan fingerprint density at radius 3 is 3.05 bits per heavy atom. The molecule has 0 saturated carbocycles. The molecule has 114 valence electrons. The number of aromatic nitrogens is 1. The average molecular weight is 354 g/mol. The lowest BCUT2D eigenvalue weighted by Gasteiger charge is -2.26. The quantitative estimate of drug-likeness (QED) is 0.783. The summed E-state index contributed by atoms with van der Waals surface area (Å²) < 4.78 is 12.6. The lowest BCUT2D eigenvalue weighted by atomic mass is 9.94. The van der Waals surface area contributed by atoms with Gasteiger partial charge in [-0.1, -0.05) is 28.9 Å². The number of benzene rings is 1. The first-order valence-electron chi connectivity index (χ1n) is 7.56. The van der Waals surface area contributed by atoms with Crippen LogP contribution in [0.5, 0.6) is 0 Å². The molecule has 0 N–H and O–H groups in total. The van der Waals surface area contributed by atoms with Crippen LogP contribution in [0.1, 0.15) is 36.6 Å². The van der Waals surface area contributed by atoms with Crippen molar-refractivity contribution in [2.45, 2.75) is 37.6 Å². The maximum absolute atomic E-state index is 11.9. The molecule has 1 aromatic carbocycles. The lowest BCUT2D eigenvalue weighted by Crippen LogP contribution is -2.20. The van der Waals surface area contributed by atoms with E-state index in [4.69, 9.17) is 9.15 Å². The molecule has 1 aliphatic rings. The molecule has 2 heterocycles. The minimum atomic E-state index is -0.267. The second-order valence-corrected chi connectivity index (χ2v) is 6.61. The molecule has 3 rings (SSSR count). The summed E-state index contributed by atoms with van der Waals surface area (Å²) in [7, 11) is 0. The fourth-order valence-electron chi connectivity index (χ4n) is 2.96. The van der Waals surface area contributed by atoms with Crippen molar-refractivity contribution in [3.05, 3.63) is 34.3 Å². The van der Waals surface area contributed by atoms with Crippen molar-refractivity contribution in [2.24, 2.45) is 5.92 Å². The van der Waals surface area contributed by atoms with Crippen molar-refractivity contribution >= 4 is 27.0 Å². The maximum atomic E-state index is 11.9. The van der Waals surface area contributed by atoms with Crippen LogP contribution in [0, 0.1) is 5.92 Å². The van der Waals surface area contributed by atoms with Crippen molar-refractivity contribution in [1.29, 1.82) is 0 Å². The Bertz CT molecular complexity index is 670. The van der Waals surface area contributed by atoms with E-state index in [1.165, 1.54) is 0 Å². The van der Waals surface area contributed by atoms with Gasteiger partial charge in [0.1, 0.15) is 0 Å². The molecule has 2 unspecified atom stereocenters. The summed E-state index contributed by atoms with van der Waals surface area (Å²) in [6.07, 6.45) is 3.18. The van der Waals surface area contributed by atoms with E-state index in [-0.39, 0.29) is 10.6 Å². The fourth-order valence-corrected chi connectivity index (χ4v) is 3.66. The van der Waals surface area contributed by atoms with E-state index in [1.54, 1.807) is 4.57 Å². The normalized spacial score (nSPS) is 20.8. The maximum Gasteiger partial charge on any atom is 0.419 e. The van der Waals surface area contributed by atoms with Crippen LogP contribution in [0.3, 0.4) is 0 Å². The summed E-state index contributed by atoms with van der Waals surface area (Å²) in [6.45, 7) is 4.40. The Balaban J connectivity index is 1.92. The first kappa shape index (κ1) is 14.9. The van der Waals surface area contributed by atoms with Gasteiger partial charge in [0.15, 0.2) is 5.58 Å². The van der Waals surface area contributed by atoms with E-state index in [2.05, 4.69) is 28.9 Å². The third-order valence-corrected chi connectivity index (χ3v) is 5.34. The topological polar surface area (TPSA) is 44.4 Å². The summed E-state index contributed by atoms with van der Waals surface area (Å²) in [5, 5.41) is 0. The molecule has 0 bridgehead atoms. The number of ether oxygens (including phenoxy) is 1.